The minimum Gasteiger partial charge on any atom is -0.508 e. The third kappa shape index (κ3) is 32.9. The number of nitrogens with one attached hydrogen (secondary N) is 9. The number of hydrogen-bond acceptors (Lipinski definition) is 21. The molecule has 133 heavy (non-hydrogen) atoms. The summed E-state index contributed by atoms with van der Waals surface area (Å²) in [5.41, 5.74) is 14.9. The second-order valence-electron chi connectivity index (χ2n) is 34.1. The van der Waals surface area contributed by atoms with Gasteiger partial charge in [0.25, 0.3) is 6.47 Å². The number of phenolic OH excluding ortho intramolecular Hbond substituents is 2. The third-order valence-electron chi connectivity index (χ3n) is 23.2. The molecule has 0 radical (unpaired) electrons. The molecular weight excluding hydrogens is 1730 g/mol. The highest BCUT2D eigenvalue weighted by atomic mass is 32.2. The van der Waals surface area contributed by atoms with Gasteiger partial charge in [0.1, 0.15) is 72.2 Å². The fraction of sp³-hybridized carbons (Fsp3) is 0.433. The molecule has 6 aromatic carbocycles. The number of benzene rings is 6. The first kappa shape index (κ1) is 105. The number of para-hydroxylation sites is 1. The summed E-state index contributed by atoms with van der Waals surface area (Å²) in [7, 11) is 6.72. The number of thioether (sulfide) groups is 1. The number of rotatable bonds is 28. The summed E-state index contributed by atoms with van der Waals surface area (Å²) in [5, 5.41) is 48.8. The Morgan fingerprint density at radius 3 is 1.58 bits per heavy atom. The van der Waals surface area contributed by atoms with E-state index in [1.807, 2.05) is 6.92 Å². The number of Topliss-reactive ketones (excluding diaryl/α,β-unsaturated/α-hetero) is 3. The van der Waals surface area contributed by atoms with Crippen molar-refractivity contribution in [2.24, 2.45) is 29.2 Å². The lowest BCUT2D eigenvalue weighted by Crippen LogP contribution is -2.59. The van der Waals surface area contributed by atoms with E-state index in [4.69, 9.17) is 21.6 Å². The number of amides is 12. The molecule has 1 aliphatic rings. The Hall–Kier alpha value is -13.8. The maximum atomic E-state index is 15.6. The van der Waals surface area contributed by atoms with Crippen molar-refractivity contribution in [3.05, 3.63) is 203 Å². The lowest BCUT2D eigenvalue weighted by Gasteiger charge is -2.37. The zero-order valence-electron chi connectivity index (χ0n) is 76.4. The van der Waals surface area contributed by atoms with Crippen LogP contribution in [0.5, 0.6) is 11.5 Å². The molecule has 0 spiro atoms. The van der Waals surface area contributed by atoms with Gasteiger partial charge in [-0.3, -0.25) is 82.1 Å². The van der Waals surface area contributed by atoms with E-state index < -0.39 is 212 Å². The number of nitrogens with zero attached hydrogens (tertiary/aromatic N) is 5. The summed E-state index contributed by atoms with van der Waals surface area (Å²) in [5.74, 6) is -16.6. The molecule has 11 atom stereocenters. The molecule has 1 saturated heterocycles. The molecule has 0 unspecified atom stereocenters. The highest BCUT2D eigenvalue weighted by Crippen LogP contribution is 2.27. The van der Waals surface area contributed by atoms with Crippen LogP contribution in [0.25, 0.3) is 10.9 Å². The number of primary amides is 1. The number of aromatic hydroxyl groups is 2. The molecule has 12 amide bonds. The van der Waals surface area contributed by atoms with Crippen LogP contribution in [0, 0.1) is 23.2 Å². The van der Waals surface area contributed by atoms with Gasteiger partial charge in [-0.2, -0.15) is 0 Å². The van der Waals surface area contributed by atoms with Crippen molar-refractivity contribution in [3.63, 3.8) is 0 Å². The number of ether oxygens (including phenoxy) is 1. The van der Waals surface area contributed by atoms with Gasteiger partial charge in [0.15, 0.2) is 17.5 Å². The van der Waals surface area contributed by atoms with Gasteiger partial charge in [0, 0.05) is 135 Å². The van der Waals surface area contributed by atoms with E-state index in [0.29, 0.717) is 57.1 Å². The normalized spacial score (nSPS) is 21.6. The standard InChI is InChI=1S/C97H124N16O19S/c1-9-10-32-80-95(130)109(4)54-71(117)50-68(56-132-59-114)84(119)52-66(29-22-43-101-97(99)100)92(127)112(7)81(48-62-25-16-12-17-26-62)91(126)107-77(47-65-35-39-70(116)40-36-65)93(128)110(5)55-86(121)103-76(51-67-53-102-73-31-21-20-30-72(67)73)90(125)106-75(45-64-33-37-69(115)38-34-64)89(124)105-74(44-60(2)3)88(123)108-79(83(118)41-42-85(98)120)57-133-58-87(122)104-78(46-61-23-14-11-15-24-61)94(129)113(8)82(96(131)111(80)6)49-63-27-18-13-19-28-63/h11-21,23-28,30-31,33-40,53,59-60,66,68,74-82,102,115-116H,9-10,22,29,32,41-52,54-58H2,1-8H3,(H2,98,120)(H,103,121)(H,104,122)(H,105,124)(H,106,125)(H,107,126)(H,108,123)(H4,99,100,101)/t66-,68+,74+,75+,76+,77+,78+,79+,80+,81+,82+/m1/s1. The lowest BCUT2D eigenvalue weighted by atomic mass is 9.87. The largest absolute Gasteiger partial charge is 0.508 e. The van der Waals surface area contributed by atoms with Gasteiger partial charge in [0.2, 0.25) is 70.9 Å². The number of unbranched alkanes of at least 4 members (excludes halogenated alkanes) is 1. The number of ketones is 3. The number of phenols is 2. The van der Waals surface area contributed by atoms with Crippen molar-refractivity contribution >= 4 is 123 Å². The number of carbonyl (C=O) groups excluding carboxylic acids is 16. The van der Waals surface area contributed by atoms with E-state index in [1.54, 1.807) is 135 Å². The lowest BCUT2D eigenvalue weighted by molar-refractivity contribution is -0.151. The number of carbonyl (C=O) groups is 16. The Kier molecular flexibility index (Phi) is 41.1. The molecule has 2 heterocycles. The summed E-state index contributed by atoms with van der Waals surface area (Å²) >= 11 is 0.875. The predicted molar refractivity (Wildman–Crippen MR) is 500 cm³/mol. The highest BCUT2D eigenvalue weighted by Gasteiger charge is 2.42. The van der Waals surface area contributed by atoms with Crippen LogP contribution in [0.2, 0.25) is 0 Å². The molecule has 0 bridgehead atoms. The quantitative estimate of drug-likeness (QED) is 0.0142. The maximum absolute atomic E-state index is 15.6. The highest BCUT2D eigenvalue weighted by molar-refractivity contribution is 8.00. The number of aromatic nitrogens is 1. The van der Waals surface area contributed by atoms with E-state index >= 15 is 47.9 Å². The summed E-state index contributed by atoms with van der Waals surface area (Å²) in [6.07, 6.45) is -0.857. The van der Waals surface area contributed by atoms with E-state index in [9.17, 15) is 39.0 Å². The number of fused-ring (bicyclic) bond motifs is 1. The van der Waals surface area contributed by atoms with Gasteiger partial charge < -0.3 is 93.1 Å². The minimum atomic E-state index is -1.59. The number of guanidine groups is 1. The van der Waals surface area contributed by atoms with Crippen molar-refractivity contribution in [3.8, 4) is 11.5 Å². The van der Waals surface area contributed by atoms with Crippen molar-refractivity contribution < 1.29 is 91.7 Å². The Balaban J connectivity index is 1.23. The average molecular weight is 1850 g/mol. The second kappa shape index (κ2) is 52.3. The summed E-state index contributed by atoms with van der Waals surface area (Å²) in [6.45, 7) is 3.40. The van der Waals surface area contributed by atoms with E-state index in [1.165, 1.54) is 93.6 Å². The minimum absolute atomic E-state index is 0.0304. The number of likely N-dealkylation sites (N-methyl/N-ethyl adjacent to an activating group) is 5. The fourth-order valence-corrected chi connectivity index (χ4v) is 16.8. The molecule has 7 aromatic rings. The average Bonchev–Trinajstić information content (AvgIpc) is 1.36. The fourth-order valence-electron chi connectivity index (χ4n) is 15.9. The van der Waals surface area contributed by atoms with E-state index in [-0.39, 0.29) is 100 Å². The molecular formula is C97H124N16O19S. The smallest absolute Gasteiger partial charge is 0.293 e. The van der Waals surface area contributed by atoms with Crippen LogP contribution in [0.1, 0.15) is 118 Å². The van der Waals surface area contributed by atoms with Crippen LogP contribution in [-0.2, 0) is 120 Å². The topological polar surface area (TPSA) is 515 Å². The Morgan fingerprint density at radius 1 is 0.511 bits per heavy atom. The molecule has 0 saturated carbocycles. The van der Waals surface area contributed by atoms with Gasteiger partial charge in [-0.15, -0.1) is 11.8 Å². The molecule has 0 aliphatic carbocycles. The molecule has 1 aromatic heterocycles. The van der Waals surface area contributed by atoms with Crippen LogP contribution in [-0.4, -0.2) is 268 Å². The monoisotopic (exact) mass is 1850 g/mol. The molecule has 712 valence electrons. The van der Waals surface area contributed by atoms with Crippen molar-refractivity contribution in [1.82, 2.24) is 66.7 Å². The maximum Gasteiger partial charge on any atom is 0.293 e. The second-order valence-corrected chi connectivity index (χ2v) is 35.1. The van der Waals surface area contributed by atoms with Gasteiger partial charge in [0.05, 0.1) is 30.8 Å². The van der Waals surface area contributed by atoms with E-state index in [2.05, 4.69) is 42.2 Å². The molecule has 35 nitrogen and oxygen atoms in total. The Labute approximate surface area is 778 Å². The van der Waals surface area contributed by atoms with Gasteiger partial charge in [-0.25, -0.2) is 0 Å². The first-order valence-electron chi connectivity index (χ1n) is 44.4. The Bertz CT molecular complexity index is 5160. The number of H-pyrrole nitrogens is 1. The molecule has 8 rings (SSSR count). The van der Waals surface area contributed by atoms with Crippen LogP contribution in [0.15, 0.2) is 170 Å². The number of aromatic amines is 1. The van der Waals surface area contributed by atoms with Crippen LogP contribution >= 0.6 is 11.8 Å². The summed E-state index contributed by atoms with van der Waals surface area (Å²) in [4.78, 5) is 245. The first-order valence-corrected chi connectivity index (χ1v) is 45.6. The molecule has 1 aliphatic heterocycles. The first-order chi connectivity index (χ1) is 63.5. The van der Waals surface area contributed by atoms with Gasteiger partial charge in [-0.1, -0.05) is 167 Å². The van der Waals surface area contributed by atoms with Crippen molar-refractivity contribution in [2.45, 2.75) is 178 Å². The molecule has 36 heteroatoms. The van der Waals surface area contributed by atoms with Crippen LogP contribution in [0.4, 0.5) is 0 Å². The number of hydrogen-bond donors (Lipinski definition) is 13. The van der Waals surface area contributed by atoms with E-state index in [0.717, 1.165) is 26.5 Å². The third-order valence-corrected chi connectivity index (χ3v) is 24.3. The zero-order valence-corrected chi connectivity index (χ0v) is 77.2. The number of nitrogens with two attached hydrogens (primary N) is 2. The van der Waals surface area contributed by atoms with Gasteiger partial charge >= 0.3 is 0 Å². The summed E-state index contributed by atoms with van der Waals surface area (Å²) < 4.78 is 5.17. The zero-order chi connectivity index (χ0) is 97.0. The molecule has 15 N–H and O–H groups in total. The SMILES string of the molecule is CCCC[C@H]1C(=O)N(C)CC(=O)C[C@@H](COC=O)C(=O)C[C@@H](CCCNC(=N)N)C(=O)N(C)[C@@H](Cc2ccccc2)C(=O)N[C@@H](Cc2ccc(O)cc2)C(=O)N(C)CC(=O)N[C@@H](Cc2c[nH]c3ccccc23)C(=O)N[C@@H](Cc2ccc(O)cc2)C(=O)N[C@@H](CC(C)C)C(=O)N[C@H](C(=O)CCC(N)=O)CSCC(=O)N[C@@H](Cc2ccccc2)C(=O)N(C)[C@@H](Cc2ccccc2)C(=O)N1C. The molecule has 1 fully saturated rings. The predicted octanol–water partition coefficient (Wildman–Crippen LogP) is 4.05. The van der Waals surface area contributed by atoms with Crippen LogP contribution in [0.3, 0.4) is 0 Å². The van der Waals surface area contributed by atoms with Crippen molar-refractivity contribution in [2.75, 3.05) is 73.0 Å². The van der Waals surface area contributed by atoms with Gasteiger partial charge in [-0.05, 0) is 95.3 Å². The van der Waals surface area contributed by atoms with Crippen LogP contribution < -0.4 is 48.7 Å². The van der Waals surface area contributed by atoms with Crippen molar-refractivity contribution in [1.29, 1.82) is 5.41 Å². The Morgan fingerprint density at radius 2 is 1.01 bits per heavy atom. The summed E-state index contributed by atoms with van der Waals surface area (Å²) in [6, 6.07) is 31.3.